The number of rotatable bonds is 1. The lowest BCUT2D eigenvalue weighted by molar-refractivity contribution is -0.119. The van der Waals surface area contributed by atoms with Gasteiger partial charge in [-0.05, 0) is 30.4 Å². The molecule has 0 bridgehead atoms. The molecule has 0 unspecified atom stereocenters. The number of amides is 2. The zero-order chi connectivity index (χ0) is 14.2. The van der Waals surface area contributed by atoms with Crippen molar-refractivity contribution in [3.05, 3.63) is 24.0 Å². The number of pyridine rings is 1. The highest BCUT2D eigenvalue weighted by molar-refractivity contribution is 5.94. The Hall–Kier alpha value is -2.11. The maximum Gasteiger partial charge on any atom is 0.276 e. The van der Waals surface area contributed by atoms with Gasteiger partial charge in [-0.1, -0.05) is 0 Å². The van der Waals surface area contributed by atoms with Crippen molar-refractivity contribution >= 4 is 11.8 Å². The first-order valence-electron chi connectivity index (χ1n) is 6.80. The summed E-state index contributed by atoms with van der Waals surface area (Å²) in [5, 5.41) is 12.6. The Bertz CT molecular complexity index is 550. The van der Waals surface area contributed by atoms with Gasteiger partial charge < -0.3 is 15.3 Å². The molecule has 0 saturated carbocycles. The highest BCUT2D eigenvalue weighted by Gasteiger charge is 2.42. The van der Waals surface area contributed by atoms with Crippen molar-refractivity contribution in [3.8, 4) is 5.75 Å². The molecule has 2 saturated heterocycles. The third-order valence-electron chi connectivity index (χ3n) is 4.30. The summed E-state index contributed by atoms with van der Waals surface area (Å²) in [6.07, 6.45) is 3.68. The standard InChI is InChI=1S/C14H17N3O3/c18-10-2-1-5-15-12(10)13(20)17-6-3-14(4-7-17)8-11(19)16-9-14/h1-2,5,18H,3-4,6-9H2,(H,16,19). The Morgan fingerprint density at radius 2 is 2.15 bits per heavy atom. The van der Waals surface area contributed by atoms with Crippen LogP contribution in [-0.2, 0) is 4.79 Å². The van der Waals surface area contributed by atoms with Crippen molar-refractivity contribution in [2.45, 2.75) is 19.3 Å². The van der Waals surface area contributed by atoms with Crippen LogP contribution < -0.4 is 5.32 Å². The zero-order valence-electron chi connectivity index (χ0n) is 11.1. The van der Waals surface area contributed by atoms with E-state index in [1.54, 1.807) is 11.0 Å². The molecule has 0 aliphatic carbocycles. The summed E-state index contributed by atoms with van der Waals surface area (Å²) in [7, 11) is 0. The van der Waals surface area contributed by atoms with Gasteiger partial charge in [0.2, 0.25) is 5.91 Å². The molecule has 3 rings (SSSR count). The van der Waals surface area contributed by atoms with Crippen LogP contribution >= 0.6 is 0 Å². The van der Waals surface area contributed by atoms with Crippen LogP contribution in [-0.4, -0.2) is 46.4 Å². The molecule has 20 heavy (non-hydrogen) atoms. The van der Waals surface area contributed by atoms with E-state index in [1.807, 2.05) is 0 Å². The molecule has 6 nitrogen and oxygen atoms in total. The number of nitrogens with zero attached hydrogens (tertiary/aromatic N) is 2. The van der Waals surface area contributed by atoms with E-state index < -0.39 is 0 Å². The number of aromatic nitrogens is 1. The number of aromatic hydroxyl groups is 1. The Labute approximate surface area is 116 Å². The topological polar surface area (TPSA) is 82.5 Å². The monoisotopic (exact) mass is 275 g/mol. The van der Waals surface area contributed by atoms with Gasteiger partial charge in [0.05, 0.1) is 0 Å². The van der Waals surface area contributed by atoms with E-state index in [4.69, 9.17) is 0 Å². The number of hydrogen-bond acceptors (Lipinski definition) is 4. The van der Waals surface area contributed by atoms with Crippen LogP contribution in [0.2, 0.25) is 0 Å². The average molecular weight is 275 g/mol. The van der Waals surface area contributed by atoms with E-state index in [9.17, 15) is 14.7 Å². The predicted molar refractivity (Wildman–Crippen MR) is 71.1 cm³/mol. The fourth-order valence-corrected chi connectivity index (χ4v) is 3.00. The van der Waals surface area contributed by atoms with Crippen LogP contribution in [0.5, 0.6) is 5.75 Å². The van der Waals surface area contributed by atoms with Crippen molar-refractivity contribution in [3.63, 3.8) is 0 Å². The largest absolute Gasteiger partial charge is 0.505 e. The molecular weight excluding hydrogens is 258 g/mol. The minimum absolute atomic E-state index is 0.0139. The predicted octanol–water partition coefficient (Wildman–Crippen LogP) is 0.529. The quantitative estimate of drug-likeness (QED) is 0.783. The number of carbonyl (C=O) groups is 2. The van der Waals surface area contributed by atoms with E-state index >= 15 is 0 Å². The van der Waals surface area contributed by atoms with Gasteiger partial charge in [-0.3, -0.25) is 9.59 Å². The summed E-state index contributed by atoms with van der Waals surface area (Å²) in [4.78, 5) is 29.3. The molecule has 2 N–H and O–H groups in total. The number of nitrogens with one attached hydrogen (secondary N) is 1. The number of piperidine rings is 1. The summed E-state index contributed by atoms with van der Waals surface area (Å²) >= 11 is 0. The van der Waals surface area contributed by atoms with Crippen molar-refractivity contribution in [2.24, 2.45) is 5.41 Å². The maximum absolute atomic E-state index is 12.3. The van der Waals surface area contributed by atoms with E-state index in [1.165, 1.54) is 12.3 Å². The lowest BCUT2D eigenvalue weighted by Crippen LogP contribution is -2.44. The van der Waals surface area contributed by atoms with E-state index in [-0.39, 0.29) is 28.7 Å². The Morgan fingerprint density at radius 1 is 1.40 bits per heavy atom. The molecule has 2 amide bonds. The second-order valence-corrected chi connectivity index (χ2v) is 5.62. The second-order valence-electron chi connectivity index (χ2n) is 5.62. The Balaban J connectivity index is 1.68. The minimum Gasteiger partial charge on any atom is -0.505 e. The summed E-state index contributed by atoms with van der Waals surface area (Å²) in [5.74, 6) is -0.224. The first-order valence-corrected chi connectivity index (χ1v) is 6.80. The average Bonchev–Trinajstić information content (AvgIpc) is 2.81. The van der Waals surface area contributed by atoms with Crippen LogP contribution in [0.15, 0.2) is 18.3 Å². The first kappa shape index (κ1) is 12.9. The van der Waals surface area contributed by atoms with Crippen molar-refractivity contribution in [2.75, 3.05) is 19.6 Å². The smallest absolute Gasteiger partial charge is 0.276 e. The molecule has 3 heterocycles. The van der Waals surface area contributed by atoms with Crippen molar-refractivity contribution < 1.29 is 14.7 Å². The highest BCUT2D eigenvalue weighted by Crippen LogP contribution is 2.37. The third kappa shape index (κ3) is 2.21. The molecule has 1 spiro atoms. The van der Waals surface area contributed by atoms with Gasteiger partial charge in [-0.2, -0.15) is 0 Å². The molecular formula is C14H17N3O3. The first-order chi connectivity index (χ1) is 9.60. The Kier molecular flexibility index (Phi) is 3.08. The molecule has 0 radical (unpaired) electrons. The third-order valence-corrected chi connectivity index (χ3v) is 4.30. The van der Waals surface area contributed by atoms with Gasteiger partial charge >= 0.3 is 0 Å². The minimum atomic E-state index is -0.241. The molecule has 2 aliphatic rings. The molecule has 1 aromatic rings. The maximum atomic E-state index is 12.3. The number of hydrogen-bond donors (Lipinski definition) is 2. The van der Waals surface area contributed by atoms with Gasteiger partial charge in [0, 0.05) is 32.3 Å². The van der Waals surface area contributed by atoms with Gasteiger partial charge in [0.15, 0.2) is 5.69 Å². The fourth-order valence-electron chi connectivity index (χ4n) is 3.00. The molecule has 0 aromatic carbocycles. The zero-order valence-corrected chi connectivity index (χ0v) is 11.1. The lowest BCUT2D eigenvalue weighted by Gasteiger charge is -2.38. The van der Waals surface area contributed by atoms with Crippen LogP contribution in [0, 0.1) is 5.41 Å². The van der Waals surface area contributed by atoms with Crippen LogP contribution in [0.1, 0.15) is 29.8 Å². The fraction of sp³-hybridized carbons (Fsp3) is 0.500. The van der Waals surface area contributed by atoms with Crippen LogP contribution in [0.25, 0.3) is 0 Å². The normalized spacial score (nSPS) is 21.0. The molecule has 2 aliphatic heterocycles. The molecule has 106 valence electrons. The number of likely N-dealkylation sites (tertiary alicyclic amines) is 1. The summed E-state index contributed by atoms with van der Waals surface area (Å²) in [6, 6.07) is 3.05. The summed E-state index contributed by atoms with van der Waals surface area (Å²) in [6.45, 7) is 1.91. The van der Waals surface area contributed by atoms with E-state index in [0.717, 1.165) is 12.8 Å². The SMILES string of the molecule is O=C1CC2(CCN(C(=O)c3ncccc3O)CC2)CN1. The second kappa shape index (κ2) is 4.77. The van der Waals surface area contributed by atoms with E-state index in [0.29, 0.717) is 26.1 Å². The molecule has 0 atom stereocenters. The van der Waals surface area contributed by atoms with Gasteiger partial charge in [-0.15, -0.1) is 0 Å². The van der Waals surface area contributed by atoms with Crippen LogP contribution in [0.3, 0.4) is 0 Å². The summed E-state index contributed by atoms with van der Waals surface area (Å²) < 4.78 is 0. The summed E-state index contributed by atoms with van der Waals surface area (Å²) in [5.41, 5.74) is 0.115. The van der Waals surface area contributed by atoms with Gasteiger partial charge in [-0.25, -0.2) is 4.98 Å². The molecule has 1 aromatic heterocycles. The molecule has 2 fully saturated rings. The Morgan fingerprint density at radius 3 is 2.75 bits per heavy atom. The van der Waals surface area contributed by atoms with Crippen LogP contribution in [0.4, 0.5) is 0 Å². The van der Waals surface area contributed by atoms with Gasteiger partial charge in [0.1, 0.15) is 5.75 Å². The van der Waals surface area contributed by atoms with Crippen molar-refractivity contribution in [1.82, 2.24) is 15.2 Å². The lowest BCUT2D eigenvalue weighted by atomic mass is 9.77. The molecule has 6 heteroatoms. The van der Waals surface area contributed by atoms with Crippen molar-refractivity contribution in [1.29, 1.82) is 0 Å². The van der Waals surface area contributed by atoms with Gasteiger partial charge in [0.25, 0.3) is 5.91 Å². The highest BCUT2D eigenvalue weighted by atomic mass is 16.3. The number of carbonyl (C=O) groups excluding carboxylic acids is 2. The van der Waals surface area contributed by atoms with E-state index in [2.05, 4.69) is 10.3 Å².